The number of benzene rings is 1. The van der Waals surface area contributed by atoms with Crippen LogP contribution in [0.25, 0.3) is 0 Å². The van der Waals surface area contributed by atoms with E-state index in [4.69, 9.17) is 10.5 Å². The quantitative estimate of drug-likeness (QED) is 0.913. The molecule has 6 heteroatoms. The summed E-state index contributed by atoms with van der Waals surface area (Å²) in [4.78, 5) is 14.0. The molecule has 1 saturated heterocycles. The smallest absolute Gasteiger partial charge is 0.239 e. The molecule has 23 heavy (non-hydrogen) atoms. The van der Waals surface area contributed by atoms with E-state index in [1.165, 1.54) is 12.1 Å². The summed E-state index contributed by atoms with van der Waals surface area (Å²) in [5, 5.41) is 0. The fourth-order valence-electron chi connectivity index (χ4n) is 2.61. The normalized spacial score (nSPS) is 16.9. The van der Waals surface area contributed by atoms with Crippen molar-refractivity contribution in [1.29, 1.82) is 0 Å². The van der Waals surface area contributed by atoms with E-state index in [0.29, 0.717) is 18.8 Å². The molecule has 0 unspecified atom stereocenters. The minimum atomic E-state index is -0.434. The third-order valence-corrected chi connectivity index (χ3v) is 4.19. The molecule has 2 N–H and O–H groups in total. The molecule has 0 spiro atoms. The molecular formula is C17H26ClFN2O2. The maximum absolute atomic E-state index is 13.1. The molecule has 130 valence electrons. The monoisotopic (exact) mass is 344 g/mol. The predicted octanol–water partition coefficient (Wildman–Crippen LogP) is 2.91. The summed E-state index contributed by atoms with van der Waals surface area (Å²) in [7, 11) is 0. The Morgan fingerprint density at radius 1 is 1.35 bits per heavy atom. The molecule has 1 heterocycles. The number of nitrogens with two attached hydrogens (primary N) is 1. The molecule has 1 aliphatic heterocycles. The van der Waals surface area contributed by atoms with Gasteiger partial charge in [0.2, 0.25) is 5.91 Å². The van der Waals surface area contributed by atoms with Crippen molar-refractivity contribution in [3.05, 3.63) is 29.6 Å². The van der Waals surface area contributed by atoms with Crippen LogP contribution in [-0.2, 0) is 4.79 Å². The number of hydrogen-bond acceptors (Lipinski definition) is 3. The number of carbonyl (C=O) groups excluding carboxylic acids is 1. The van der Waals surface area contributed by atoms with Gasteiger partial charge in [0, 0.05) is 25.9 Å². The van der Waals surface area contributed by atoms with Crippen LogP contribution in [0.5, 0.6) is 5.75 Å². The molecule has 0 aromatic heterocycles. The SMILES string of the molecule is Cc1cc(F)ccc1OC1CCN(C(=O)[C@@H](N)C(C)C)CC1.Cl. The number of carbonyl (C=O) groups is 1. The third kappa shape index (κ3) is 5.08. The Bertz CT molecular complexity index is 531. The highest BCUT2D eigenvalue weighted by Gasteiger charge is 2.28. The highest BCUT2D eigenvalue weighted by Crippen LogP contribution is 2.23. The van der Waals surface area contributed by atoms with Crippen molar-refractivity contribution in [2.75, 3.05) is 13.1 Å². The second kappa shape index (κ2) is 8.50. The van der Waals surface area contributed by atoms with E-state index in [1.807, 2.05) is 25.7 Å². The van der Waals surface area contributed by atoms with Crippen LogP contribution in [0.4, 0.5) is 4.39 Å². The number of rotatable bonds is 4. The van der Waals surface area contributed by atoms with E-state index in [1.54, 1.807) is 6.07 Å². The van der Waals surface area contributed by atoms with Crippen LogP contribution in [0.1, 0.15) is 32.3 Å². The van der Waals surface area contributed by atoms with Crippen molar-refractivity contribution in [2.24, 2.45) is 11.7 Å². The Kier molecular flexibility index (Phi) is 7.29. The molecular weight excluding hydrogens is 319 g/mol. The van der Waals surface area contributed by atoms with Gasteiger partial charge in [0.15, 0.2) is 0 Å². The van der Waals surface area contributed by atoms with Gasteiger partial charge in [0.1, 0.15) is 17.7 Å². The fourth-order valence-corrected chi connectivity index (χ4v) is 2.61. The zero-order valence-corrected chi connectivity index (χ0v) is 14.7. The lowest BCUT2D eigenvalue weighted by molar-refractivity contribution is -0.135. The summed E-state index contributed by atoms with van der Waals surface area (Å²) >= 11 is 0. The number of nitrogens with zero attached hydrogens (tertiary/aromatic N) is 1. The Labute approximate surface area is 143 Å². The second-order valence-corrected chi connectivity index (χ2v) is 6.32. The minimum absolute atomic E-state index is 0. The molecule has 0 aliphatic carbocycles. The Morgan fingerprint density at radius 3 is 2.48 bits per heavy atom. The highest BCUT2D eigenvalue weighted by molar-refractivity contribution is 5.85. The molecule has 1 fully saturated rings. The number of piperidine rings is 1. The maximum Gasteiger partial charge on any atom is 0.239 e. The summed E-state index contributed by atoms with van der Waals surface area (Å²) in [6.07, 6.45) is 1.60. The molecule has 2 rings (SSSR count). The molecule has 1 aromatic carbocycles. The van der Waals surface area contributed by atoms with Gasteiger partial charge in [-0.3, -0.25) is 4.79 Å². The van der Waals surface area contributed by atoms with Crippen LogP contribution >= 0.6 is 12.4 Å². The number of halogens is 2. The lowest BCUT2D eigenvalue weighted by Gasteiger charge is -2.34. The third-order valence-electron chi connectivity index (χ3n) is 4.19. The van der Waals surface area contributed by atoms with Gasteiger partial charge >= 0.3 is 0 Å². The van der Waals surface area contributed by atoms with Gasteiger partial charge in [-0.2, -0.15) is 0 Å². The first-order chi connectivity index (χ1) is 10.4. The molecule has 1 aromatic rings. The lowest BCUT2D eigenvalue weighted by Crippen LogP contribution is -2.50. The van der Waals surface area contributed by atoms with Crippen molar-refractivity contribution in [1.82, 2.24) is 4.90 Å². The highest BCUT2D eigenvalue weighted by atomic mass is 35.5. The number of aryl methyl sites for hydroxylation is 1. The van der Waals surface area contributed by atoms with Gasteiger partial charge in [0.25, 0.3) is 0 Å². The van der Waals surface area contributed by atoms with Crippen LogP contribution in [0.3, 0.4) is 0 Å². The van der Waals surface area contributed by atoms with Gasteiger partial charge in [-0.1, -0.05) is 13.8 Å². The first-order valence-electron chi connectivity index (χ1n) is 7.85. The van der Waals surface area contributed by atoms with Gasteiger partial charge in [-0.05, 0) is 36.6 Å². The molecule has 0 bridgehead atoms. The van der Waals surface area contributed by atoms with Crippen LogP contribution < -0.4 is 10.5 Å². The van der Waals surface area contributed by atoms with E-state index >= 15 is 0 Å². The van der Waals surface area contributed by atoms with Gasteiger partial charge in [-0.15, -0.1) is 12.4 Å². The molecule has 0 radical (unpaired) electrons. The zero-order chi connectivity index (χ0) is 16.3. The van der Waals surface area contributed by atoms with Crippen molar-refractivity contribution in [3.63, 3.8) is 0 Å². The van der Waals surface area contributed by atoms with Crippen LogP contribution in [0.2, 0.25) is 0 Å². The molecule has 1 aliphatic rings. The van der Waals surface area contributed by atoms with Gasteiger partial charge in [-0.25, -0.2) is 4.39 Å². The number of hydrogen-bond donors (Lipinski definition) is 1. The molecule has 1 atom stereocenters. The Morgan fingerprint density at radius 2 is 1.96 bits per heavy atom. The maximum atomic E-state index is 13.1. The fraction of sp³-hybridized carbons (Fsp3) is 0.588. The van der Waals surface area contributed by atoms with Crippen molar-refractivity contribution in [3.8, 4) is 5.75 Å². The summed E-state index contributed by atoms with van der Waals surface area (Å²) in [5.74, 6) is 0.618. The first kappa shape index (κ1) is 19.7. The topological polar surface area (TPSA) is 55.6 Å². The van der Waals surface area contributed by atoms with Crippen molar-refractivity contribution in [2.45, 2.75) is 45.8 Å². The van der Waals surface area contributed by atoms with Gasteiger partial charge in [0.05, 0.1) is 6.04 Å². The van der Waals surface area contributed by atoms with E-state index in [0.717, 1.165) is 18.4 Å². The summed E-state index contributed by atoms with van der Waals surface area (Å²) in [6, 6.07) is 4.10. The number of likely N-dealkylation sites (tertiary alicyclic amines) is 1. The van der Waals surface area contributed by atoms with Crippen LogP contribution in [0.15, 0.2) is 18.2 Å². The van der Waals surface area contributed by atoms with Gasteiger partial charge < -0.3 is 15.4 Å². The molecule has 0 saturated carbocycles. The summed E-state index contributed by atoms with van der Waals surface area (Å²) in [6.45, 7) is 7.05. The van der Waals surface area contributed by atoms with E-state index < -0.39 is 6.04 Å². The Balaban J connectivity index is 0.00000264. The number of ether oxygens (including phenoxy) is 1. The summed E-state index contributed by atoms with van der Waals surface area (Å²) < 4.78 is 19.0. The van der Waals surface area contributed by atoms with Crippen molar-refractivity contribution < 1.29 is 13.9 Å². The minimum Gasteiger partial charge on any atom is -0.490 e. The average molecular weight is 345 g/mol. The van der Waals surface area contributed by atoms with Crippen molar-refractivity contribution >= 4 is 18.3 Å². The predicted molar refractivity (Wildman–Crippen MR) is 91.4 cm³/mol. The van der Waals surface area contributed by atoms with Crippen LogP contribution in [-0.4, -0.2) is 36.0 Å². The van der Waals surface area contributed by atoms with E-state index in [9.17, 15) is 9.18 Å². The van der Waals surface area contributed by atoms with E-state index in [2.05, 4.69) is 0 Å². The van der Waals surface area contributed by atoms with Crippen LogP contribution in [0, 0.1) is 18.7 Å². The largest absolute Gasteiger partial charge is 0.490 e. The molecule has 4 nitrogen and oxygen atoms in total. The standard InChI is InChI=1S/C17H25FN2O2.ClH/c1-11(2)16(19)17(21)20-8-6-14(7-9-20)22-15-5-4-13(18)10-12(15)3;/h4-5,10-11,14,16H,6-9,19H2,1-3H3;1H/t16-;/m0./s1. The molecule has 1 amide bonds. The van der Waals surface area contributed by atoms with E-state index in [-0.39, 0.29) is 36.2 Å². The Hall–Kier alpha value is -1.33. The lowest BCUT2D eigenvalue weighted by atomic mass is 10.0. The second-order valence-electron chi connectivity index (χ2n) is 6.32. The summed E-state index contributed by atoms with van der Waals surface area (Å²) in [5.41, 5.74) is 6.72. The average Bonchev–Trinajstić information content (AvgIpc) is 2.49. The first-order valence-corrected chi connectivity index (χ1v) is 7.85. The number of amides is 1. The zero-order valence-electron chi connectivity index (χ0n) is 13.9.